The number of nitrogens with one attached hydrogen (secondary N) is 2. The zero-order valence-corrected chi connectivity index (χ0v) is 17.6. The molecule has 3 aromatic heterocycles. The fourth-order valence-electron chi connectivity index (χ4n) is 3.85. The molecule has 2 N–H and O–H groups in total. The van der Waals surface area contributed by atoms with Gasteiger partial charge in [0.25, 0.3) is 11.5 Å². The number of carbonyl (C=O) groups is 1. The maximum atomic E-state index is 12.9. The molecule has 0 unspecified atom stereocenters. The highest BCUT2D eigenvalue weighted by atomic mass is 16.2. The SMILES string of the molecule is Cc1cccc(Cn2cnc3c(cnn3CCNC(=O)c3cc4ccccc4[nH]3)c2=O)c1. The van der Waals surface area contributed by atoms with Crippen molar-refractivity contribution in [2.75, 3.05) is 6.54 Å². The number of carbonyl (C=O) groups excluding carboxylic acids is 1. The number of H-pyrrole nitrogens is 1. The van der Waals surface area contributed by atoms with Crippen LogP contribution in [0.25, 0.3) is 21.9 Å². The highest BCUT2D eigenvalue weighted by Crippen LogP contribution is 2.14. The molecule has 0 spiro atoms. The van der Waals surface area contributed by atoms with Gasteiger partial charge >= 0.3 is 0 Å². The number of aromatic amines is 1. The highest BCUT2D eigenvalue weighted by molar-refractivity contribution is 5.97. The Kier molecular flexibility index (Phi) is 5.03. The Morgan fingerprint density at radius 3 is 2.84 bits per heavy atom. The molecule has 0 aliphatic rings. The van der Waals surface area contributed by atoms with E-state index in [-0.39, 0.29) is 11.5 Å². The number of aryl methyl sites for hydroxylation is 1. The monoisotopic (exact) mass is 426 g/mol. The molecule has 32 heavy (non-hydrogen) atoms. The smallest absolute Gasteiger partial charge is 0.267 e. The van der Waals surface area contributed by atoms with Gasteiger partial charge in [0, 0.05) is 17.4 Å². The third-order valence-electron chi connectivity index (χ3n) is 5.44. The lowest BCUT2D eigenvalue weighted by Crippen LogP contribution is -2.28. The summed E-state index contributed by atoms with van der Waals surface area (Å²) < 4.78 is 3.22. The van der Waals surface area contributed by atoms with E-state index in [1.807, 2.05) is 55.5 Å². The minimum Gasteiger partial charge on any atom is -0.351 e. The zero-order chi connectivity index (χ0) is 22.1. The molecule has 3 heterocycles. The summed E-state index contributed by atoms with van der Waals surface area (Å²) in [4.78, 5) is 32.9. The van der Waals surface area contributed by atoms with Crippen LogP contribution in [0.4, 0.5) is 0 Å². The molecule has 1 amide bonds. The van der Waals surface area contributed by atoms with Crippen molar-refractivity contribution in [2.24, 2.45) is 0 Å². The predicted molar refractivity (Wildman–Crippen MR) is 123 cm³/mol. The molecule has 0 aliphatic carbocycles. The average molecular weight is 426 g/mol. The summed E-state index contributed by atoms with van der Waals surface area (Å²) in [5.41, 5.74) is 3.99. The van der Waals surface area contributed by atoms with Gasteiger partial charge in [-0.05, 0) is 24.6 Å². The van der Waals surface area contributed by atoms with Crippen molar-refractivity contribution in [1.82, 2.24) is 29.6 Å². The van der Waals surface area contributed by atoms with Crippen LogP contribution in [0.2, 0.25) is 0 Å². The number of aromatic nitrogens is 5. The number of benzene rings is 2. The van der Waals surface area contributed by atoms with Gasteiger partial charge in [-0.2, -0.15) is 5.10 Å². The molecule has 0 saturated carbocycles. The average Bonchev–Trinajstić information content (AvgIpc) is 3.40. The minimum absolute atomic E-state index is 0.134. The van der Waals surface area contributed by atoms with Gasteiger partial charge in [0.1, 0.15) is 17.4 Å². The molecule has 0 saturated heterocycles. The molecule has 2 aromatic carbocycles. The quantitative estimate of drug-likeness (QED) is 0.436. The summed E-state index contributed by atoms with van der Waals surface area (Å²) in [7, 11) is 0. The molecule has 8 nitrogen and oxygen atoms in total. The van der Waals surface area contributed by atoms with Crippen LogP contribution in [0, 0.1) is 6.92 Å². The highest BCUT2D eigenvalue weighted by Gasteiger charge is 2.12. The molecule has 5 aromatic rings. The van der Waals surface area contributed by atoms with E-state index in [9.17, 15) is 9.59 Å². The van der Waals surface area contributed by atoms with E-state index in [2.05, 4.69) is 26.4 Å². The van der Waals surface area contributed by atoms with Crippen LogP contribution in [-0.2, 0) is 13.1 Å². The fourth-order valence-corrected chi connectivity index (χ4v) is 3.85. The summed E-state index contributed by atoms with van der Waals surface area (Å²) >= 11 is 0. The summed E-state index contributed by atoms with van der Waals surface area (Å²) in [6.07, 6.45) is 3.09. The van der Waals surface area contributed by atoms with Gasteiger partial charge in [0.05, 0.1) is 19.3 Å². The lowest BCUT2D eigenvalue weighted by molar-refractivity contribution is 0.0948. The van der Waals surface area contributed by atoms with Gasteiger partial charge in [0.15, 0.2) is 5.65 Å². The van der Waals surface area contributed by atoms with Crippen LogP contribution in [-0.4, -0.2) is 36.8 Å². The van der Waals surface area contributed by atoms with Gasteiger partial charge in [0.2, 0.25) is 0 Å². The van der Waals surface area contributed by atoms with Gasteiger partial charge < -0.3 is 10.3 Å². The van der Waals surface area contributed by atoms with E-state index < -0.39 is 0 Å². The van der Waals surface area contributed by atoms with Crippen LogP contribution in [0.3, 0.4) is 0 Å². The second-order valence-electron chi connectivity index (χ2n) is 7.80. The summed E-state index contributed by atoms with van der Waals surface area (Å²) in [6.45, 7) is 3.24. The second kappa shape index (κ2) is 8.14. The Hall–Kier alpha value is -4.20. The van der Waals surface area contributed by atoms with Gasteiger partial charge in [-0.3, -0.25) is 14.2 Å². The molecule has 160 valence electrons. The molecule has 0 fully saturated rings. The fraction of sp³-hybridized carbons (Fsp3) is 0.167. The lowest BCUT2D eigenvalue weighted by atomic mass is 10.1. The normalized spacial score (nSPS) is 11.3. The Morgan fingerprint density at radius 1 is 1.12 bits per heavy atom. The Morgan fingerprint density at radius 2 is 2.00 bits per heavy atom. The van der Waals surface area contributed by atoms with Crippen molar-refractivity contribution < 1.29 is 4.79 Å². The lowest BCUT2D eigenvalue weighted by Gasteiger charge is -2.08. The van der Waals surface area contributed by atoms with E-state index in [1.165, 1.54) is 6.20 Å². The van der Waals surface area contributed by atoms with Crippen molar-refractivity contribution in [2.45, 2.75) is 20.0 Å². The van der Waals surface area contributed by atoms with E-state index in [0.29, 0.717) is 36.4 Å². The van der Waals surface area contributed by atoms with E-state index >= 15 is 0 Å². The first-order chi connectivity index (χ1) is 15.6. The number of para-hydroxylation sites is 1. The zero-order valence-electron chi connectivity index (χ0n) is 17.6. The van der Waals surface area contributed by atoms with E-state index in [4.69, 9.17) is 0 Å². The Bertz CT molecular complexity index is 1460. The third-order valence-corrected chi connectivity index (χ3v) is 5.44. The molecule has 0 bridgehead atoms. The van der Waals surface area contributed by atoms with Crippen LogP contribution in [0.5, 0.6) is 0 Å². The molecule has 0 atom stereocenters. The largest absolute Gasteiger partial charge is 0.351 e. The number of hydrogen-bond donors (Lipinski definition) is 2. The molecule has 8 heteroatoms. The number of nitrogens with zero attached hydrogens (tertiary/aromatic N) is 4. The summed E-state index contributed by atoms with van der Waals surface area (Å²) in [6, 6.07) is 17.6. The maximum absolute atomic E-state index is 12.9. The van der Waals surface area contributed by atoms with Crippen molar-refractivity contribution in [3.8, 4) is 0 Å². The van der Waals surface area contributed by atoms with Gasteiger partial charge in [-0.15, -0.1) is 0 Å². The molecule has 0 aliphatic heterocycles. The van der Waals surface area contributed by atoms with Gasteiger partial charge in [-0.1, -0.05) is 48.0 Å². The van der Waals surface area contributed by atoms with Crippen LogP contribution >= 0.6 is 0 Å². The first kappa shape index (κ1) is 19.7. The van der Waals surface area contributed by atoms with E-state index in [1.54, 1.807) is 15.6 Å². The van der Waals surface area contributed by atoms with Gasteiger partial charge in [-0.25, -0.2) is 9.67 Å². The van der Waals surface area contributed by atoms with E-state index in [0.717, 1.165) is 22.0 Å². The predicted octanol–water partition coefficient (Wildman–Crippen LogP) is 2.86. The van der Waals surface area contributed by atoms with Crippen molar-refractivity contribution >= 4 is 27.8 Å². The minimum atomic E-state index is -0.189. The third kappa shape index (κ3) is 3.78. The molecular weight excluding hydrogens is 404 g/mol. The number of hydrogen-bond acceptors (Lipinski definition) is 4. The summed E-state index contributed by atoms with van der Waals surface area (Å²) in [5, 5.41) is 8.64. The van der Waals surface area contributed by atoms with Crippen LogP contribution in [0.15, 0.2) is 71.9 Å². The molecular formula is C24H22N6O2. The van der Waals surface area contributed by atoms with Crippen molar-refractivity contribution in [1.29, 1.82) is 0 Å². The number of amides is 1. The second-order valence-corrected chi connectivity index (χ2v) is 7.80. The Labute approximate surface area is 183 Å². The standard InChI is InChI=1S/C24H22N6O2/c1-16-5-4-6-17(11-16)14-29-15-26-22-19(24(29)32)13-27-30(22)10-9-25-23(31)21-12-18-7-2-3-8-20(18)28-21/h2-8,11-13,15,28H,9-10,14H2,1H3,(H,25,31). The van der Waals surface area contributed by atoms with Crippen molar-refractivity contribution in [3.05, 3.63) is 94.3 Å². The maximum Gasteiger partial charge on any atom is 0.267 e. The van der Waals surface area contributed by atoms with Crippen LogP contribution in [0.1, 0.15) is 21.6 Å². The Balaban J connectivity index is 1.28. The molecule has 5 rings (SSSR count). The van der Waals surface area contributed by atoms with Crippen molar-refractivity contribution in [3.63, 3.8) is 0 Å². The molecule has 0 radical (unpaired) electrons. The first-order valence-electron chi connectivity index (χ1n) is 10.4. The number of rotatable bonds is 6. The topological polar surface area (TPSA) is 97.6 Å². The van der Waals surface area contributed by atoms with Crippen LogP contribution < -0.4 is 10.9 Å². The first-order valence-corrected chi connectivity index (χ1v) is 10.4. The summed E-state index contributed by atoms with van der Waals surface area (Å²) in [5.74, 6) is -0.189. The number of fused-ring (bicyclic) bond motifs is 2.